The molecule has 29 heavy (non-hydrogen) atoms. The van der Waals surface area contributed by atoms with Crippen molar-refractivity contribution in [1.82, 2.24) is 29.8 Å². The number of fused-ring (bicyclic) bond motifs is 3. The van der Waals surface area contributed by atoms with Crippen LogP contribution in [0.15, 0.2) is 12.3 Å². The van der Waals surface area contributed by atoms with Gasteiger partial charge in [-0.3, -0.25) is 9.38 Å². The lowest BCUT2D eigenvalue weighted by Gasteiger charge is -2.16. The van der Waals surface area contributed by atoms with E-state index in [1.165, 1.54) is 0 Å². The van der Waals surface area contributed by atoms with E-state index < -0.39 is 0 Å². The van der Waals surface area contributed by atoms with Gasteiger partial charge in [-0.05, 0) is 51.9 Å². The van der Waals surface area contributed by atoms with Crippen LogP contribution in [0.4, 0.5) is 4.79 Å². The van der Waals surface area contributed by atoms with Crippen molar-refractivity contribution in [2.45, 2.75) is 51.0 Å². The van der Waals surface area contributed by atoms with Crippen molar-refractivity contribution in [2.75, 3.05) is 27.2 Å². The van der Waals surface area contributed by atoms with E-state index in [9.17, 15) is 4.79 Å². The molecule has 0 unspecified atom stereocenters. The van der Waals surface area contributed by atoms with E-state index in [4.69, 9.17) is 4.74 Å². The Balaban J connectivity index is 1.44. The van der Waals surface area contributed by atoms with Gasteiger partial charge in [0.05, 0.1) is 17.6 Å². The van der Waals surface area contributed by atoms with Gasteiger partial charge in [-0.2, -0.15) is 0 Å². The van der Waals surface area contributed by atoms with E-state index >= 15 is 0 Å². The molecule has 4 rings (SSSR count). The number of nitrogens with one attached hydrogen (secondary N) is 1. The Morgan fingerprint density at radius 1 is 1.34 bits per heavy atom. The van der Waals surface area contributed by atoms with Crippen LogP contribution >= 0.6 is 0 Å². The number of hydrogen-bond donors (Lipinski definition) is 1. The summed E-state index contributed by atoms with van der Waals surface area (Å²) < 4.78 is 7.88. The van der Waals surface area contributed by atoms with Gasteiger partial charge in [0.2, 0.25) is 0 Å². The van der Waals surface area contributed by atoms with Gasteiger partial charge in [-0.1, -0.05) is 19.4 Å². The molecule has 3 atom stereocenters. The number of nitrogens with zero attached hydrogens (tertiary/aromatic N) is 5. The molecule has 1 saturated carbocycles. The first-order valence-electron chi connectivity index (χ1n) is 10.6. The molecule has 0 aliphatic heterocycles. The van der Waals surface area contributed by atoms with Gasteiger partial charge >= 0.3 is 6.09 Å². The summed E-state index contributed by atoms with van der Waals surface area (Å²) in [5.74, 6) is 1.61. The molecule has 2 aromatic rings. The zero-order valence-corrected chi connectivity index (χ0v) is 17.5. The van der Waals surface area contributed by atoms with E-state index in [0.29, 0.717) is 12.5 Å². The normalized spacial score (nSPS) is 23.1. The van der Waals surface area contributed by atoms with E-state index in [1.54, 1.807) is 6.20 Å². The number of ether oxygens (including phenoxy) is 1. The Hall–Kier alpha value is -2.48. The van der Waals surface area contributed by atoms with E-state index in [0.717, 1.165) is 61.5 Å². The second kappa shape index (κ2) is 8.49. The molecule has 156 valence electrons. The summed E-state index contributed by atoms with van der Waals surface area (Å²) in [5, 5.41) is 11.7. The number of hydrogen-bond acceptors (Lipinski definition) is 6. The maximum absolute atomic E-state index is 12.2. The molecule has 8 heteroatoms. The van der Waals surface area contributed by atoms with Gasteiger partial charge in [0.25, 0.3) is 0 Å². The summed E-state index contributed by atoms with van der Waals surface area (Å²) in [6.45, 7) is 3.76. The molecular weight excluding hydrogens is 368 g/mol. The second-order valence-electron chi connectivity index (χ2n) is 8.31. The van der Waals surface area contributed by atoms with E-state index in [2.05, 4.69) is 48.9 Å². The Labute approximate surface area is 171 Å². The zero-order valence-electron chi connectivity index (χ0n) is 17.5. The average Bonchev–Trinajstić information content (AvgIpc) is 3.41. The lowest BCUT2D eigenvalue weighted by molar-refractivity contribution is 0.0979. The number of aromatic nitrogens is 4. The molecule has 1 fully saturated rings. The maximum atomic E-state index is 12.2. The lowest BCUT2D eigenvalue weighted by atomic mass is 9.93. The van der Waals surface area contributed by atoms with Crippen LogP contribution in [0.25, 0.3) is 11.7 Å². The first-order valence-corrected chi connectivity index (χ1v) is 10.6. The molecule has 0 bridgehead atoms. The summed E-state index contributed by atoms with van der Waals surface area (Å²) in [4.78, 5) is 18.8. The minimum absolute atomic E-state index is 0.0865. The largest absolute Gasteiger partial charge is 0.446 e. The topological polar surface area (TPSA) is 84.6 Å². The number of amides is 1. The number of rotatable bonds is 7. The molecular formula is C21H30N6O2. The predicted octanol–water partition coefficient (Wildman–Crippen LogP) is 2.64. The molecule has 2 aliphatic carbocycles. The van der Waals surface area contributed by atoms with E-state index in [1.807, 2.05) is 14.1 Å². The minimum Gasteiger partial charge on any atom is -0.446 e. The Kier molecular flexibility index (Phi) is 5.80. The SMILES string of the molecule is CC[C@@H]1C[C@H](OC(=O)NCCCN(C)C)C[C@@H]1c1nnc2cnc3c(n12)C=CC3. The Morgan fingerprint density at radius 3 is 3.00 bits per heavy atom. The average molecular weight is 399 g/mol. The molecule has 2 aromatic heterocycles. The third kappa shape index (κ3) is 4.12. The molecule has 0 aromatic carbocycles. The molecule has 0 radical (unpaired) electrons. The Morgan fingerprint density at radius 2 is 2.21 bits per heavy atom. The number of allylic oxidation sites excluding steroid dienone is 1. The highest BCUT2D eigenvalue weighted by molar-refractivity contribution is 5.67. The van der Waals surface area contributed by atoms with Crippen molar-refractivity contribution in [1.29, 1.82) is 0 Å². The van der Waals surface area contributed by atoms with Crippen molar-refractivity contribution >= 4 is 17.8 Å². The van der Waals surface area contributed by atoms with Crippen LogP contribution in [0.1, 0.15) is 55.7 Å². The molecule has 0 spiro atoms. The van der Waals surface area contributed by atoms with Crippen molar-refractivity contribution in [3.63, 3.8) is 0 Å². The van der Waals surface area contributed by atoms with Gasteiger partial charge in [-0.25, -0.2) is 4.79 Å². The fourth-order valence-corrected chi connectivity index (χ4v) is 4.54. The van der Waals surface area contributed by atoms with Gasteiger partial charge in [0.15, 0.2) is 5.65 Å². The van der Waals surface area contributed by atoms with Crippen LogP contribution in [0, 0.1) is 5.92 Å². The highest BCUT2D eigenvalue weighted by atomic mass is 16.6. The first-order chi connectivity index (χ1) is 14.1. The maximum Gasteiger partial charge on any atom is 0.407 e. The third-order valence-electron chi connectivity index (χ3n) is 6.01. The summed E-state index contributed by atoms with van der Waals surface area (Å²) in [6.07, 6.45) is 10.1. The fourth-order valence-electron chi connectivity index (χ4n) is 4.54. The smallest absolute Gasteiger partial charge is 0.407 e. The van der Waals surface area contributed by atoms with Gasteiger partial charge in [0, 0.05) is 18.9 Å². The van der Waals surface area contributed by atoms with Crippen molar-refractivity contribution in [3.8, 4) is 0 Å². The van der Waals surface area contributed by atoms with E-state index in [-0.39, 0.29) is 18.1 Å². The van der Waals surface area contributed by atoms with Gasteiger partial charge in [-0.15, -0.1) is 10.2 Å². The number of alkyl carbamates (subject to hydrolysis) is 1. The van der Waals surface area contributed by atoms with Crippen molar-refractivity contribution in [2.24, 2.45) is 5.92 Å². The summed E-state index contributed by atoms with van der Waals surface area (Å²) in [6, 6.07) is 0. The van der Waals surface area contributed by atoms with Crippen LogP contribution in [0.5, 0.6) is 0 Å². The van der Waals surface area contributed by atoms with Crippen LogP contribution in [0.2, 0.25) is 0 Å². The molecule has 2 heterocycles. The van der Waals surface area contributed by atoms with Crippen LogP contribution < -0.4 is 5.32 Å². The molecule has 0 saturated heterocycles. The summed E-state index contributed by atoms with van der Waals surface area (Å²) in [7, 11) is 4.05. The van der Waals surface area contributed by atoms with Crippen molar-refractivity contribution < 1.29 is 9.53 Å². The van der Waals surface area contributed by atoms with Gasteiger partial charge < -0.3 is 15.0 Å². The van der Waals surface area contributed by atoms with Crippen LogP contribution in [0.3, 0.4) is 0 Å². The monoisotopic (exact) mass is 398 g/mol. The Bertz CT molecular complexity index is 906. The van der Waals surface area contributed by atoms with Crippen molar-refractivity contribution in [3.05, 3.63) is 29.5 Å². The third-order valence-corrected chi connectivity index (χ3v) is 6.01. The predicted molar refractivity (Wildman–Crippen MR) is 111 cm³/mol. The summed E-state index contributed by atoms with van der Waals surface area (Å²) in [5.41, 5.74) is 2.93. The molecule has 8 nitrogen and oxygen atoms in total. The second-order valence-corrected chi connectivity index (χ2v) is 8.31. The van der Waals surface area contributed by atoms with Crippen LogP contribution in [-0.2, 0) is 11.2 Å². The molecule has 2 aliphatic rings. The zero-order chi connectivity index (χ0) is 20.4. The van der Waals surface area contributed by atoms with Gasteiger partial charge in [0.1, 0.15) is 11.9 Å². The highest BCUT2D eigenvalue weighted by Crippen LogP contribution is 2.42. The highest BCUT2D eigenvalue weighted by Gasteiger charge is 2.39. The number of carbonyl (C=O) groups excluding carboxylic acids is 1. The first kappa shape index (κ1) is 19.8. The standard InChI is InChI=1S/C21H30N6O2/c1-4-14-11-15(29-21(28)22-9-6-10-26(2)3)12-16(14)20-25-24-19-13-23-17-7-5-8-18(17)27(19)20/h5,8,13-16H,4,6-7,9-12H2,1-3H3,(H,22,28)/t14-,15+,16+/m1/s1. The summed E-state index contributed by atoms with van der Waals surface area (Å²) >= 11 is 0. The quantitative estimate of drug-likeness (QED) is 0.722. The molecule has 1 amide bonds. The lowest BCUT2D eigenvalue weighted by Crippen LogP contribution is -2.30. The minimum atomic E-state index is -0.316. The molecule has 1 N–H and O–H groups in total. The number of carbonyl (C=O) groups is 1. The fraction of sp³-hybridized carbons (Fsp3) is 0.619. The van der Waals surface area contributed by atoms with Crippen LogP contribution in [-0.4, -0.2) is 63.9 Å².